The van der Waals surface area contributed by atoms with Crippen molar-refractivity contribution >= 4 is 35.8 Å². The Kier molecular flexibility index (Phi) is 10.0. The SMILES string of the molecule is CN=C(NCc1ccccc1CN1CCCC1=O)NCC(C)Oc1cccc(F)c1.I. The lowest BCUT2D eigenvalue weighted by Crippen LogP contribution is -2.41. The number of benzene rings is 2. The second-order valence-electron chi connectivity index (χ2n) is 7.38. The third-order valence-electron chi connectivity index (χ3n) is 5.01. The zero-order valence-electron chi connectivity index (χ0n) is 17.9. The van der Waals surface area contributed by atoms with Gasteiger partial charge in [0.1, 0.15) is 17.7 Å². The Balaban J connectivity index is 0.00000341. The Morgan fingerprint density at radius 3 is 2.65 bits per heavy atom. The third kappa shape index (κ3) is 7.68. The molecule has 8 heteroatoms. The predicted octanol–water partition coefficient (Wildman–Crippen LogP) is 3.70. The molecule has 1 aliphatic heterocycles. The summed E-state index contributed by atoms with van der Waals surface area (Å²) < 4.78 is 19.0. The number of ether oxygens (including phenoxy) is 1. The largest absolute Gasteiger partial charge is 0.489 e. The molecular formula is C23H30FIN4O2. The van der Waals surface area contributed by atoms with Crippen LogP contribution in [0.25, 0.3) is 0 Å². The first-order valence-electron chi connectivity index (χ1n) is 10.3. The molecule has 1 aliphatic rings. The Morgan fingerprint density at radius 2 is 1.97 bits per heavy atom. The second-order valence-corrected chi connectivity index (χ2v) is 7.38. The van der Waals surface area contributed by atoms with Gasteiger partial charge in [0, 0.05) is 39.2 Å². The fraction of sp³-hybridized carbons (Fsp3) is 0.391. The van der Waals surface area contributed by atoms with Crippen molar-refractivity contribution in [3.63, 3.8) is 0 Å². The third-order valence-corrected chi connectivity index (χ3v) is 5.01. The van der Waals surface area contributed by atoms with Crippen molar-refractivity contribution < 1.29 is 13.9 Å². The van der Waals surface area contributed by atoms with Crippen LogP contribution in [0.1, 0.15) is 30.9 Å². The minimum Gasteiger partial charge on any atom is -0.489 e. The summed E-state index contributed by atoms with van der Waals surface area (Å²) in [6.07, 6.45) is 1.41. The quantitative estimate of drug-likeness (QED) is 0.305. The van der Waals surface area contributed by atoms with Crippen molar-refractivity contribution in [3.05, 3.63) is 65.5 Å². The molecule has 0 radical (unpaired) electrons. The van der Waals surface area contributed by atoms with Gasteiger partial charge < -0.3 is 20.3 Å². The minimum atomic E-state index is -0.320. The molecule has 2 aromatic carbocycles. The van der Waals surface area contributed by atoms with Crippen LogP contribution in [0.3, 0.4) is 0 Å². The molecule has 0 spiro atoms. The summed E-state index contributed by atoms with van der Waals surface area (Å²) in [5.74, 6) is 1.05. The fourth-order valence-electron chi connectivity index (χ4n) is 3.42. The summed E-state index contributed by atoms with van der Waals surface area (Å²) in [5.41, 5.74) is 2.27. The number of carbonyl (C=O) groups is 1. The molecule has 6 nitrogen and oxygen atoms in total. The van der Waals surface area contributed by atoms with Gasteiger partial charge in [-0.1, -0.05) is 30.3 Å². The number of halogens is 2. The van der Waals surface area contributed by atoms with Crippen molar-refractivity contribution in [3.8, 4) is 5.75 Å². The monoisotopic (exact) mass is 540 g/mol. The van der Waals surface area contributed by atoms with Crippen molar-refractivity contribution in [2.45, 2.75) is 39.0 Å². The van der Waals surface area contributed by atoms with Gasteiger partial charge in [-0.2, -0.15) is 0 Å². The van der Waals surface area contributed by atoms with Gasteiger partial charge in [0.2, 0.25) is 5.91 Å². The molecule has 1 heterocycles. The lowest BCUT2D eigenvalue weighted by molar-refractivity contribution is -0.128. The average Bonchev–Trinajstić information content (AvgIpc) is 3.13. The molecule has 1 unspecified atom stereocenters. The molecular weight excluding hydrogens is 510 g/mol. The number of carbonyl (C=O) groups excluding carboxylic acids is 1. The molecule has 0 aromatic heterocycles. The summed E-state index contributed by atoms with van der Waals surface area (Å²) >= 11 is 0. The van der Waals surface area contributed by atoms with Crippen LogP contribution in [-0.2, 0) is 17.9 Å². The highest BCUT2D eigenvalue weighted by Gasteiger charge is 2.20. The van der Waals surface area contributed by atoms with Gasteiger partial charge in [-0.3, -0.25) is 9.79 Å². The maximum Gasteiger partial charge on any atom is 0.222 e. The van der Waals surface area contributed by atoms with Crippen LogP contribution in [0.2, 0.25) is 0 Å². The zero-order chi connectivity index (χ0) is 21.3. The van der Waals surface area contributed by atoms with Crippen molar-refractivity contribution in [2.75, 3.05) is 20.1 Å². The molecule has 2 N–H and O–H groups in total. The fourth-order valence-corrected chi connectivity index (χ4v) is 3.42. The van der Waals surface area contributed by atoms with Gasteiger partial charge in [-0.25, -0.2) is 4.39 Å². The lowest BCUT2D eigenvalue weighted by Gasteiger charge is -2.20. The Bertz CT molecular complexity index is 893. The van der Waals surface area contributed by atoms with E-state index in [0.29, 0.717) is 37.8 Å². The smallest absolute Gasteiger partial charge is 0.222 e. The summed E-state index contributed by atoms with van der Waals surface area (Å²) in [7, 11) is 1.71. The van der Waals surface area contributed by atoms with Crippen LogP contribution in [-0.4, -0.2) is 43.0 Å². The van der Waals surface area contributed by atoms with Crippen molar-refractivity contribution in [1.29, 1.82) is 0 Å². The minimum absolute atomic E-state index is 0. The van der Waals surface area contributed by atoms with E-state index in [0.717, 1.165) is 24.1 Å². The molecule has 2 aromatic rings. The highest BCUT2D eigenvalue weighted by Crippen LogP contribution is 2.17. The zero-order valence-corrected chi connectivity index (χ0v) is 20.3. The number of hydrogen-bond donors (Lipinski definition) is 2. The topological polar surface area (TPSA) is 66.0 Å². The van der Waals surface area contributed by atoms with E-state index in [9.17, 15) is 9.18 Å². The van der Waals surface area contributed by atoms with Crippen LogP contribution >= 0.6 is 24.0 Å². The number of guanidine groups is 1. The summed E-state index contributed by atoms with van der Waals surface area (Å²) in [6, 6.07) is 14.2. The number of amides is 1. The Hall–Kier alpha value is -2.36. The van der Waals surface area contributed by atoms with Crippen LogP contribution in [0.4, 0.5) is 4.39 Å². The van der Waals surface area contributed by atoms with Crippen molar-refractivity contribution in [2.24, 2.45) is 4.99 Å². The maximum atomic E-state index is 13.3. The number of likely N-dealkylation sites (tertiary alicyclic amines) is 1. The van der Waals surface area contributed by atoms with Gasteiger partial charge in [0.05, 0.1) is 6.54 Å². The number of nitrogens with one attached hydrogen (secondary N) is 2. The van der Waals surface area contributed by atoms with Gasteiger partial charge in [-0.05, 0) is 36.6 Å². The molecule has 1 saturated heterocycles. The highest BCUT2D eigenvalue weighted by molar-refractivity contribution is 14.0. The van der Waals surface area contributed by atoms with E-state index in [2.05, 4.69) is 27.8 Å². The maximum absolute atomic E-state index is 13.3. The van der Waals surface area contributed by atoms with Crippen LogP contribution in [0.15, 0.2) is 53.5 Å². The molecule has 1 fully saturated rings. The van der Waals surface area contributed by atoms with Gasteiger partial charge >= 0.3 is 0 Å². The molecule has 0 saturated carbocycles. The van der Waals surface area contributed by atoms with Crippen LogP contribution < -0.4 is 15.4 Å². The first kappa shape index (κ1) is 24.9. The van der Waals surface area contributed by atoms with Crippen LogP contribution in [0, 0.1) is 5.82 Å². The average molecular weight is 540 g/mol. The molecule has 1 amide bonds. The van der Waals surface area contributed by atoms with E-state index in [1.807, 2.05) is 24.0 Å². The highest BCUT2D eigenvalue weighted by atomic mass is 127. The number of nitrogens with zero attached hydrogens (tertiary/aromatic N) is 2. The lowest BCUT2D eigenvalue weighted by atomic mass is 10.1. The summed E-state index contributed by atoms with van der Waals surface area (Å²) in [6.45, 7) is 4.49. The Labute approximate surface area is 200 Å². The molecule has 0 bridgehead atoms. The van der Waals surface area contributed by atoms with Gasteiger partial charge in [0.25, 0.3) is 0 Å². The molecule has 0 aliphatic carbocycles. The normalized spacial score (nSPS) is 14.7. The summed E-state index contributed by atoms with van der Waals surface area (Å²) in [5, 5.41) is 6.54. The molecule has 168 valence electrons. The Morgan fingerprint density at radius 1 is 1.19 bits per heavy atom. The van der Waals surface area contributed by atoms with E-state index in [-0.39, 0.29) is 41.8 Å². The number of rotatable bonds is 8. The van der Waals surface area contributed by atoms with E-state index < -0.39 is 0 Å². The molecule has 31 heavy (non-hydrogen) atoms. The first-order chi connectivity index (χ1) is 14.5. The van der Waals surface area contributed by atoms with Gasteiger partial charge in [0.15, 0.2) is 5.96 Å². The molecule has 3 rings (SSSR count). The van der Waals surface area contributed by atoms with E-state index >= 15 is 0 Å². The first-order valence-corrected chi connectivity index (χ1v) is 10.3. The van der Waals surface area contributed by atoms with Crippen molar-refractivity contribution in [1.82, 2.24) is 15.5 Å². The standard InChI is InChI=1S/C23H29FN4O2.HI/c1-17(30-21-10-5-9-20(24)13-21)14-26-23(25-2)27-15-18-7-3-4-8-19(18)16-28-12-6-11-22(28)29;/h3-5,7-10,13,17H,6,11-12,14-16H2,1-2H3,(H2,25,26,27);1H. The van der Waals surface area contributed by atoms with E-state index in [1.165, 1.54) is 12.1 Å². The molecule has 1 atom stereocenters. The van der Waals surface area contributed by atoms with E-state index in [1.54, 1.807) is 19.2 Å². The van der Waals surface area contributed by atoms with Gasteiger partial charge in [-0.15, -0.1) is 24.0 Å². The number of hydrogen-bond acceptors (Lipinski definition) is 3. The predicted molar refractivity (Wildman–Crippen MR) is 131 cm³/mol. The van der Waals surface area contributed by atoms with Crippen LogP contribution in [0.5, 0.6) is 5.75 Å². The number of aliphatic imine (C=N–C) groups is 1. The van der Waals surface area contributed by atoms with E-state index in [4.69, 9.17) is 4.74 Å². The summed E-state index contributed by atoms with van der Waals surface area (Å²) in [4.78, 5) is 18.1. The second kappa shape index (κ2) is 12.5.